The molecule has 114 valence electrons. The number of nitriles is 1. The highest BCUT2D eigenvalue weighted by molar-refractivity contribution is 7.91. The minimum Gasteiger partial charge on any atom is -0.495 e. The maximum absolute atomic E-state index is 11.7. The topological polar surface area (TPSA) is 79.2 Å². The van der Waals surface area contributed by atoms with Crippen LogP contribution in [0.3, 0.4) is 0 Å². The highest BCUT2D eigenvalue weighted by Gasteiger charge is 2.29. The van der Waals surface area contributed by atoms with Crippen LogP contribution < -0.4 is 10.1 Å². The van der Waals surface area contributed by atoms with E-state index in [4.69, 9.17) is 10.00 Å². The minimum atomic E-state index is -2.99. The number of hydrogen-bond donors (Lipinski definition) is 1. The Hall–Kier alpha value is -1.74. The number of nitrogens with one attached hydrogen (secondary N) is 1. The Morgan fingerprint density at radius 3 is 2.76 bits per heavy atom. The molecule has 2 unspecified atom stereocenters. The van der Waals surface area contributed by atoms with Crippen LogP contribution in [-0.4, -0.2) is 33.1 Å². The summed E-state index contributed by atoms with van der Waals surface area (Å²) in [6, 6.07) is 7.39. The summed E-state index contributed by atoms with van der Waals surface area (Å²) in [6.07, 6.45) is 4.50. The second-order valence-corrected chi connectivity index (χ2v) is 7.81. The van der Waals surface area contributed by atoms with Crippen LogP contribution in [0.5, 0.6) is 5.75 Å². The van der Waals surface area contributed by atoms with Crippen LogP contribution in [0.1, 0.15) is 31.2 Å². The van der Waals surface area contributed by atoms with Crippen LogP contribution in [0.25, 0.3) is 0 Å². The lowest BCUT2D eigenvalue weighted by Crippen LogP contribution is -2.34. The average Bonchev–Trinajstić information content (AvgIpc) is 2.47. The monoisotopic (exact) mass is 308 g/mol. The molecule has 5 nitrogen and oxygen atoms in total. The first-order chi connectivity index (χ1) is 9.94. The quantitative estimate of drug-likeness (QED) is 0.923. The van der Waals surface area contributed by atoms with Crippen molar-refractivity contribution in [3.63, 3.8) is 0 Å². The van der Waals surface area contributed by atoms with Crippen LogP contribution in [0.15, 0.2) is 18.2 Å². The molecule has 21 heavy (non-hydrogen) atoms. The Balaban J connectivity index is 2.13. The van der Waals surface area contributed by atoms with E-state index in [1.807, 2.05) is 0 Å². The van der Waals surface area contributed by atoms with Gasteiger partial charge in [-0.05, 0) is 31.4 Å². The fraction of sp³-hybridized carbons (Fsp3) is 0.533. The van der Waals surface area contributed by atoms with Crippen molar-refractivity contribution in [2.24, 2.45) is 0 Å². The summed E-state index contributed by atoms with van der Waals surface area (Å²) in [4.78, 5) is 0. The van der Waals surface area contributed by atoms with Crippen LogP contribution in [0.4, 0.5) is 5.69 Å². The van der Waals surface area contributed by atoms with E-state index >= 15 is 0 Å². The normalized spacial score (nSPS) is 22.3. The van der Waals surface area contributed by atoms with Crippen LogP contribution in [-0.2, 0) is 9.84 Å². The van der Waals surface area contributed by atoms with Gasteiger partial charge in [-0.15, -0.1) is 0 Å². The Labute approximate surface area is 125 Å². The molecule has 1 fully saturated rings. The number of hydrogen-bond acceptors (Lipinski definition) is 5. The van der Waals surface area contributed by atoms with E-state index in [1.165, 1.54) is 6.26 Å². The Kier molecular flexibility index (Phi) is 4.73. The standard InChI is InChI=1S/C15H20N2O3S/c1-20-15-8-11(10-16)6-7-14(15)17-12-4-3-5-13(9-12)21(2,18)19/h6-8,12-13,17H,3-5,9H2,1-2H3. The number of ether oxygens (including phenoxy) is 1. The van der Waals surface area contributed by atoms with Crippen molar-refractivity contribution in [1.29, 1.82) is 5.26 Å². The molecule has 1 N–H and O–H groups in total. The molecule has 0 heterocycles. The molecule has 1 saturated carbocycles. The molecule has 0 aliphatic heterocycles. The predicted octanol–water partition coefficient (Wildman–Crippen LogP) is 2.33. The second kappa shape index (κ2) is 6.35. The van der Waals surface area contributed by atoms with Crippen molar-refractivity contribution in [3.05, 3.63) is 23.8 Å². The number of nitrogens with zero attached hydrogens (tertiary/aromatic N) is 1. The fourth-order valence-corrected chi connectivity index (χ4v) is 3.94. The van der Waals surface area contributed by atoms with Gasteiger partial charge in [-0.1, -0.05) is 6.42 Å². The fourth-order valence-electron chi connectivity index (χ4n) is 2.76. The van der Waals surface area contributed by atoms with Gasteiger partial charge in [-0.25, -0.2) is 8.42 Å². The molecule has 1 aromatic carbocycles. The van der Waals surface area contributed by atoms with Crippen LogP contribution >= 0.6 is 0 Å². The highest BCUT2D eigenvalue weighted by atomic mass is 32.2. The third-order valence-corrected chi connectivity index (χ3v) is 5.56. The van der Waals surface area contributed by atoms with Gasteiger partial charge >= 0.3 is 0 Å². The molecular weight excluding hydrogens is 288 g/mol. The van der Waals surface area contributed by atoms with Gasteiger partial charge in [-0.2, -0.15) is 5.26 Å². The number of sulfone groups is 1. The molecule has 0 radical (unpaired) electrons. The lowest BCUT2D eigenvalue weighted by Gasteiger charge is -2.29. The number of rotatable bonds is 4. The zero-order valence-corrected chi connectivity index (χ0v) is 13.1. The number of benzene rings is 1. The van der Waals surface area contributed by atoms with Crippen molar-refractivity contribution in [1.82, 2.24) is 0 Å². The maximum atomic E-state index is 11.7. The average molecular weight is 308 g/mol. The summed E-state index contributed by atoms with van der Waals surface area (Å²) in [5.41, 5.74) is 1.34. The second-order valence-electron chi connectivity index (χ2n) is 5.49. The minimum absolute atomic E-state index is 0.111. The molecule has 0 amide bonds. The molecule has 0 bridgehead atoms. The Morgan fingerprint density at radius 1 is 1.38 bits per heavy atom. The van der Waals surface area contributed by atoms with E-state index in [9.17, 15) is 8.42 Å². The highest BCUT2D eigenvalue weighted by Crippen LogP contribution is 2.30. The molecule has 2 rings (SSSR count). The zero-order chi connectivity index (χ0) is 15.5. The number of methoxy groups -OCH3 is 1. The van der Waals surface area contributed by atoms with E-state index in [0.29, 0.717) is 17.7 Å². The van der Waals surface area contributed by atoms with Gasteiger partial charge in [0.2, 0.25) is 0 Å². The molecule has 0 aromatic heterocycles. The van der Waals surface area contributed by atoms with Gasteiger partial charge in [0.1, 0.15) is 15.6 Å². The third-order valence-electron chi connectivity index (χ3n) is 3.92. The van der Waals surface area contributed by atoms with Gasteiger partial charge < -0.3 is 10.1 Å². The zero-order valence-electron chi connectivity index (χ0n) is 12.3. The molecule has 0 saturated heterocycles. The Morgan fingerprint density at radius 2 is 2.14 bits per heavy atom. The molecule has 1 aromatic rings. The summed E-state index contributed by atoms with van der Waals surface area (Å²) >= 11 is 0. The molecule has 1 aliphatic rings. The smallest absolute Gasteiger partial charge is 0.150 e. The lowest BCUT2D eigenvalue weighted by molar-refractivity contribution is 0.412. The largest absolute Gasteiger partial charge is 0.495 e. The van der Waals surface area contributed by atoms with E-state index in [2.05, 4.69) is 11.4 Å². The van der Waals surface area contributed by atoms with Crippen LogP contribution in [0.2, 0.25) is 0 Å². The van der Waals surface area contributed by atoms with Crippen molar-refractivity contribution >= 4 is 15.5 Å². The summed E-state index contributed by atoms with van der Waals surface area (Å²) in [6.45, 7) is 0. The lowest BCUT2D eigenvalue weighted by atomic mass is 9.94. The van der Waals surface area contributed by atoms with E-state index in [1.54, 1.807) is 25.3 Å². The van der Waals surface area contributed by atoms with Crippen LogP contribution in [0, 0.1) is 11.3 Å². The first-order valence-corrected chi connectivity index (χ1v) is 8.93. The molecule has 1 aliphatic carbocycles. The SMILES string of the molecule is COc1cc(C#N)ccc1NC1CCCC(S(C)(=O)=O)C1. The van der Waals surface area contributed by atoms with E-state index in [0.717, 1.165) is 24.9 Å². The van der Waals surface area contributed by atoms with Crippen molar-refractivity contribution in [2.45, 2.75) is 37.0 Å². The Bertz CT molecular complexity index is 649. The molecule has 6 heteroatoms. The summed E-state index contributed by atoms with van der Waals surface area (Å²) in [5.74, 6) is 0.607. The van der Waals surface area contributed by atoms with Gasteiger partial charge in [0.05, 0.1) is 29.7 Å². The predicted molar refractivity (Wildman–Crippen MR) is 82.2 cm³/mol. The summed E-state index contributed by atoms with van der Waals surface area (Å²) in [5, 5.41) is 12.0. The summed E-state index contributed by atoms with van der Waals surface area (Å²) in [7, 11) is -1.43. The molecule has 2 atom stereocenters. The third kappa shape index (κ3) is 3.88. The van der Waals surface area contributed by atoms with E-state index in [-0.39, 0.29) is 11.3 Å². The summed E-state index contributed by atoms with van der Waals surface area (Å²) < 4.78 is 28.7. The number of anilines is 1. The van der Waals surface area contributed by atoms with Gasteiger partial charge in [0.25, 0.3) is 0 Å². The van der Waals surface area contributed by atoms with Crippen molar-refractivity contribution < 1.29 is 13.2 Å². The first-order valence-electron chi connectivity index (χ1n) is 6.97. The van der Waals surface area contributed by atoms with Crippen molar-refractivity contribution in [2.75, 3.05) is 18.7 Å². The van der Waals surface area contributed by atoms with Gasteiger partial charge in [-0.3, -0.25) is 0 Å². The van der Waals surface area contributed by atoms with Crippen molar-refractivity contribution in [3.8, 4) is 11.8 Å². The molecule has 0 spiro atoms. The van der Waals surface area contributed by atoms with E-state index < -0.39 is 9.84 Å². The van der Waals surface area contributed by atoms with Gasteiger partial charge in [0.15, 0.2) is 0 Å². The van der Waals surface area contributed by atoms with Gasteiger partial charge in [0, 0.05) is 18.4 Å². The maximum Gasteiger partial charge on any atom is 0.150 e. The first kappa shape index (κ1) is 15.6. The molecular formula is C15H20N2O3S.